The van der Waals surface area contributed by atoms with E-state index in [1.54, 1.807) is 10.8 Å². The van der Waals surface area contributed by atoms with E-state index >= 15 is 0 Å². The average molecular weight is 302 g/mol. The minimum absolute atomic E-state index is 0.604. The molecule has 1 aliphatic rings. The van der Waals surface area contributed by atoms with Crippen LogP contribution in [-0.2, 0) is 0 Å². The predicted molar refractivity (Wildman–Crippen MR) is 79.6 cm³/mol. The van der Waals surface area contributed by atoms with Crippen LogP contribution in [0.1, 0.15) is 5.82 Å². The normalized spacial score (nSPS) is 15.4. The second kappa shape index (κ2) is 4.92. The number of hydrogen-bond acceptors (Lipinski definition) is 8. The molecule has 0 saturated carbocycles. The summed E-state index contributed by atoms with van der Waals surface area (Å²) in [6, 6.07) is 3.92. The Morgan fingerprint density at radius 2 is 2.29 bits per heavy atom. The van der Waals surface area contributed by atoms with Gasteiger partial charge in [0.1, 0.15) is 18.0 Å². The third-order valence-corrected chi connectivity index (χ3v) is 4.26. The van der Waals surface area contributed by atoms with Crippen LogP contribution in [-0.4, -0.2) is 48.8 Å². The lowest BCUT2D eigenvalue weighted by Gasteiger charge is -2.40. The average Bonchev–Trinajstić information content (AvgIpc) is 3.05. The van der Waals surface area contributed by atoms with Crippen LogP contribution in [0.25, 0.3) is 5.65 Å². The van der Waals surface area contributed by atoms with E-state index in [0.717, 1.165) is 42.1 Å². The van der Waals surface area contributed by atoms with E-state index in [1.807, 2.05) is 19.1 Å². The van der Waals surface area contributed by atoms with Gasteiger partial charge in [0.15, 0.2) is 5.65 Å². The molecule has 0 radical (unpaired) electrons. The molecule has 0 aromatic carbocycles. The first kappa shape index (κ1) is 12.5. The summed E-state index contributed by atoms with van der Waals surface area (Å²) in [5, 5.41) is 16.5. The van der Waals surface area contributed by atoms with Crippen molar-refractivity contribution < 1.29 is 0 Å². The van der Waals surface area contributed by atoms with Crippen molar-refractivity contribution in [3.05, 3.63) is 24.3 Å². The minimum atomic E-state index is 0.604. The SMILES string of the molecule is Cc1nsc(NCC2CN(c3ccc4nncn4n3)C2)n1. The molecule has 4 rings (SSSR count). The Balaban J connectivity index is 1.34. The lowest BCUT2D eigenvalue weighted by Crippen LogP contribution is -2.50. The summed E-state index contributed by atoms with van der Waals surface area (Å²) in [4.78, 5) is 6.55. The van der Waals surface area contributed by atoms with Crippen molar-refractivity contribution in [2.45, 2.75) is 6.92 Å². The van der Waals surface area contributed by atoms with E-state index in [-0.39, 0.29) is 0 Å². The molecule has 0 spiro atoms. The molecule has 0 aliphatic carbocycles. The Morgan fingerprint density at radius 3 is 3.10 bits per heavy atom. The van der Waals surface area contributed by atoms with Gasteiger partial charge in [0.2, 0.25) is 5.13 Å². The molecule has 0 amide bonds. The summed E-state index contributed by atoms with van der Waals surface area (Å²) >= 11 is 1.41. The lowest BCUT2D eigenvalue weighted by molar-refractivity contribution is 0.425. The first-order valence-electron chi connectivity index (χ1n) is 6.74. The van der Waals surface area contributed by atoms with Crippen molar-refractivity contribution in [1.82, 2.24) is 29.2 Å². The highest BCUT2D eigenvalue weighted by molar-refractivity contribution is 7.09. The van der Waals surface area contributed by atoms with E-state index in [9.17, 15) is 0 Å². The first-order valence-corrected chi connectivity index (χ1v) is 7.51. The van der Waals surface area contributed by atoms with Gasteiger partial charge in [-0.2, -0.15) is 8.89 Å². The zero-order chi connectivity index (χ0) is 14.2. The molecule has 9 heteroatoms. The number of nitrogens with one attached hydrogen (secondary N) is 1. The number of hydrogen-bond donors (Lipinski definition) is 1. The van der Waals surface area contributed by atoms with Gasteiger partial charge < -0.3 is 10.2 Å². The summed E-state index contributed by atoms with van der Waals surface area (Å²) in [7, 11) is 0. The maximum atomic E-state index is 4.49. The fourth-order valence-corrected chi connectivity index (χ4v) is 2.95. The zero-order valence-corrected chi connectivity index (χ0v) is 12.3. The van der Waals surface area contributed by atoms with Gasteiger partial charge in [-0.25, -0.2) is 4.98 Å². The van der Waals surface area contributed by atoms with Crippen LogP contribution >= 0.6 is 11.5 Å². The summed E-state index contributed by atoms with van der Waals surface area (Å²) in [6.45, 7) is 4.80. The Morgan fingerprint density at radius 1 is 1.38 bits per heavy atom. The van der Waals surface area contributed by atoms with Gasteiger partial charge in [0, 0.05) is 37.1 Å². The maximum absolute atomic E-state index is 4.49. The molecule has 4 heterocycles. The van der Waals surface area contributed by atoms with Crippen LogP contribution < -0.4 is 10.2 Å². The molecule has 0 unspecified atom stereocenters. The van der Waals surface area contributed by atoms with Crippen LogP contribution in [0.3, 0.4) is 0 Å². The van der Waals surface area contributed by atoms with E-state index in [0.29, 0.717) is 5.92 Å². The van der Waals surface area contributed by atoms with Gasteiger partial charge in [-0.1, -0.05) is 0 Å². The van der Waals surface area contributed by atoms with Gasteiger partial charge in [0.05, 0.1) is 0 Å². The van der Waals surface area contributed by atoms with Crippen LogP contribution in [0.2, 0.25) is 0 Å². The Kier molecular flexibility index (Phi) is 2.92. The van der Waals surface area contributed by atoms with Crippen molar-refractivity contribution in [3.63, 3.8) is 0 Å². The van der Waals surface area contributed by atoms with Crippen molar-refractivity contribution in [3.8, 4) is 0 Å². The third kappa shape index (κ3) is 2.40. The van der Waals surface area contributed by atoms with Gasteiger partial charge in [-0.05, 0) is 19.1 Å². The number of rotatable bonds is 4. The van der Waals surface area contributed by atoms with Crippen molar-refractivity contribution in [2.75, 3.05) is 29.9 Å². The first-order chi connectivity index (χ1) is 10.3. The second-order valence-electron chi connectivity index (χ2n) is 5.12. The van der Waals surface area contributed by atoms with Crippen molar-refractivity contribution in [1.29, 1.82) is 0 Å². The molecular formula is C12H14N8S. The standard InChI is InChI=1S/C12H14N8S/c1-8-15-12(21-18-8)13-4-9-5-19(6-9)11-3-2-10-16-14-7-20(10)17-11/h2-3,7,9H,4-6H2,1H3,(H,13,15,18). The van der Waals surface area contributed by atoms with Gasteiger partial charge in [-0.15, -0.1) is 15.3 Å². The molecular weight excluding hydrogens is 288 g/mol. The van der Waals surface area contributed by atoms with Gasteiger partial charge in [0.25, 0.3) is 0 Å². The third-order valence-electron chi connectivity index (χ3n) is 3.50. The fraction of sp³-hybridized carbons (Fsp3) is 0.417. The molecule has 1 saturated heterocycles. The Labute approximate surface area is 125 Å². The highest BCUT2D eigenvalue weighted by atomic mass is 32.1. The van der Waals surface area contributed by atoms with Gasteiger partial charge >= 0.3 is 0 Å². The number of aryl methyl sites for hydroxylation is 1. The summed E-state index contributed by atoms with van der Waals surface area (Å²) in [5.41, 5.74) is 0.768. The Bertz CT molecular complexity index is 759. The van der Waals surface area contributed by atoms with E-state index in [4.69, 9.17) is 0 Å². The smallest absolute Gasteiger partial charge is 0.202 e. The van der Waals surface area contributed by atoms with E-state index in [2.05, 4.69) is 34.9 Å². The summed E-state index contributed by atoms with van der Waals surface area (Å²) in [6.07, 6.45) is 1.62. The monoisotopic (exact) mass is 302 g/mol. The van der Waals surface area contributed by atoms with E-state index < -0.39 is 0 Å². The van der Waals surface area contributed by atoms with Gasteiger partial charge in [-0.3, -0.25) is 0 Å². The topological polar surface area (TPSA) is 84.1 Å². The fourth-order valence-electron chi connectivity index (χ4n) is 2.37. The molecule has 8 nitrogen and oxygen atoms in total. The zero-order valence-electron chi connectivity index (χ0n) is 11.5. The largest absolute Gasteiger partial charge is 0.360 e. The molecule has 3 aromatic heterocycles. The van der Waals surface area contributed by atoms with Crippen LogP contribution in [0.5, 0.6) is 0 Å². The maximum Gasteiger partial charge on any atom is 0.202 e. The molecule has 108 valence electrons. The molecule has 0 bridgehead atoms. The Hall–Kier alpha value is -2.29. The van der Waals surface area contributed by atoms with Crippen LogP contribution in [0, 0.1) is 12.8 Å². The van der Waals surface area contributed by atoms with Crippen molar-refractivity contribution in [2.24, 2.45) is 5.92 Å². The molecule has 0 atom stereocenters. The van der Waals surface area contributed by atoms with Crippen LogP contribution in [0.4, 0.5) is 10.9 Å². The number of nitrogens with zero attached hydrogens (tertiary/aromatic N) is 7. The number of anilines is 2. The quantitative estimate of drug-likeness (QED) is 0.764. The highest BCUT2D eigenvalue weighted by Gasteiger charge is 2.28. The molecule has 1 aliphatic heterocycles. The summed E-state index contributed by atoms with van der Waals surface area (Å²) in [5.74, 6) is 2.39. The molecule has 1 fully saturated rings. The van der Waals surface area contributed by atoms with Crippen molar-refractivity contribution >= 4 is 28.1 Å². The molecule has 3 aromatic rings. The van der Waals surface area contributed by atoms with E-state index in [1.165, 1.54) is 11.5 Å². The number of aromatic nitrogens is 6. The predicted octanol–water partition coefficient (Wildman–Crippen LogP) is 0.833. The summed E-state index contributed by atoms with van der Waals surface area (Å²) < 4.78 is 5.86. The number of fused-ring (bicyclic) bond motifs is 1. The lowest BCUT2D eigenvalue weighted by atomic mass is 10.0. The molecule has 1 N–H and O–H groups in total. The van der Waals surface area contributed by atoms with Crippen LogP contribution in [0.15, 0.2) is 18.5 Å². The minimum Gasteiger partial charge on any atom is -0.360 e. The molecule has 21 heavy (non-hydrogen) atoms. The highest BCUT2D eigenvalue weighted by Crippen LogP contribution is 2.23. The second-order valence-corrected chi connectivity index (χ2v) is 5.88.